The molecule has 40 heavy (non-hydrogen) atoms. The minimum absolute atomic E-state index is 0. The van der Waals surface area contributed by atoms with E-state index in [9.17, 15) is 9.90 Å². The van der Waals surface area contributed by atoms with Crippen LogP contribution >= 0.6 is 24.8 Å². The second kappa shape index (κ2) is 13.3. The van der Waals surface area contributed by atoms with Gasteiger partial charge in [0.2, 0.25) is 0 Å². The Bertz CT molecular complexity index is 1500. The number of amidine groups is 2. The fourth-order valence-corrected chi connectivity index (χ4v) is 4.95. The maximum absolute atomic E-state index is 12.2. The smallest absolute Gasteiger partial charge is 0.311 e. The lowest BCUT2D eigenvalue weighted by molar-refractivity contribution is -0.138. The molecule has 0 aromatic heterocycles. The number of nitrogen functional groups attached to an aromatic ring is 1. The van der Waals surface area contributed by atoms with E-state index in [2.05, 4.69) is 0 Å². The number of nitrogens with one attached hydrogen (secondary N) is 2. The lowest BCUT2D eigenvalue weighted by Gasteiger charge is -2.20. The Balaban J connectivity index is 0.00000220. The van der Waals surface area contributed by atoms with Crippen molar-refractivity contribution >= 4 is 53.2 Å². The van der Waals surface area contributed by atoms with Gasteiger partial charge in [-0.1, -0.05) is 72.8 Å². The molecule has 0 radical (unpaired) electrons. The predicted octanol–water partition coefficient (Wildman–Crippen LogP) is 5.86. The van der Waals surface area contributed by atoms with E-state index in [0.717, 1.165) is 34.9 Å². The molecule has 2 atom stereocenters. The standard InChI is InChI=1S/C31H30N4O3.2ClH/c32-29(33)24-9-8-21-7-6-20(16-25(21)18-24)17-28(31(36)37)22-10-12-26(13-11-22)38-27-14-15-35(19-27)30(34)23-4-2-1-3-5-23;;/h1-13,16,18,27-28,34H,14-15,17,19H2,(H3,32,33)(H,36,37);2*1H/t27-,28?;;/m0../s1. The van der Waals surface area contributed by atoms with Crippen LogP contribution in [0.5, 0.6) is 5.75 Å². The van der Waals surface area contributed by atoms with Crippen molar-refractivity contribution in [2.75, 3.05) is 13.1 Å². The largest absolute Gasteiger partial charge is 0.489 e. The maximum atomic E-state index is 12.2. The van der Waals surface area contributed by atoms with Gasteiger partial charge in [0.05, 0.1) is 12.5 Å². The molecule has 0 saturated carbocycles. The van der Waals surface area contributed by atoms with Gasteiger partial charge in [0.25, 0.3) is 0 Å². The highest BCUT2D eigenvalue weighted by molar-refractivity contribution is 5.99. The molecule has 0 amide bonds. The van der Waals surface area contributed by atoms with Crippen molar-refractivity contribution in [3.63, 3.8) is 0 Å². The average Bonchev–Trinajstić information content (AvgIpc) is 3.40. The number of rotatable bonds is 8. The molecule has 1 fully saturated rings. The van der Waals surface area contributed by atoms with Crippen LogP contribution in [0.2, 0.25) is 0 Å². The second-order valence-electron chi connectivity index (χ2n) is 9.66. The van der Waals surface area contributed by atoms with Gasteiger partial charge < -0.3 is 20.5 Å². The molecule has 0 spiro atoms. The van der Waals surface area contributed by atoms with E-state index in [4.69, 9.17) is 21.3 Å². The number of likely N-dealkylation sites (tertiary alicyclic amines) is 1. The van der Waals surface area contributed by atoms with Crippen molar-refractivity contribution in [2.45, 2.75) is 24.9 Å². The number of carbonyl (C=O) groups is 1. The first-order chi connectivity index (χ1) is 18.4. The Morgan fingerprint density at radius 1 is 0.925 bits per heavy atom. The molecular weight excluding hydrogens is 547 g/mol. The van der Waals surface area contributed by atoms with Gasteiger partial charge in [-0.3, -0.25) is 15.6 Å². The van der Waals surface area contributed by atoms with Gasteiger partial charge in [-0.15, -0.1) is 24.8 Å². The lowest BCUT2D eigenvalue weighted by atomic mass is 9.91. The summed E-state index contributed by atoms with van der Waals surface area (Å²) in [6.07, 6.45) is 1.13. The molecule has 5 N–H and O–H groups in total. The molecule has 1 heterocycles. The van der Waals surface area contributed by atoms with Crippen molar-refractivity contribution in [2.24, 2.45) is 5.73 Å². The third kappa shape index (κ3) is 6.92. The summed E-state index contributed by atoms with van der Waals surface area (Å²) in [5.41, 5.74) is 8.77. The van der Waals surface area contributed by atoms with Crippen LogP contribution in [0.15, 0.2) is 91.0 Å². The molecule has 4 aromatic rings. The number of aliphatic carboxylic acids is 1. The summed E-state index contributed by atoms with van der Waals surface area (Å²) in [6.45, 7) is 1.40. The molecule has 0 bridgehead atoms. The van der Waals surface area contributed by atoms with Gasteiger partial charge in [-0.25, -0.2) is 0 Å². The number of nitrogens with zero attached hydrogens (tertiary/aromatic N) is 1. The number of fused-ring (bicyclic) bond motifs is 1. The number of benzene rings is 4. The van der Waals surface area contributed by atoms with E-state index >= 15 is 0 Å². The molecule has 1 aliphatic rings. The van der Waals surface area contributed by atoms with Crippen LogP contribution in [-0.2, 0) is 11.2 Å². The highest BCUT2D eigenvalue weighted by atomic mass is 35.5. The van der Waals surface area contributed by atoms with Crippen molar-refractivity contribution in [3.05, 3.63) is 113 Å². The van der Waals surface area contributed by atoms with Crippen LogP contribution < -0.4 is 10.5 Å². The van der Waals surface area contributed by atoms with Gasteiger partial charge >= 0.3 is 5.97 Å². The van der Waals surface area contributed by atoms with Crippen LogP contribution in [-0.4, -0.2) is 46.8 Å². The minimum atomic E-state index is -0.887. The minimum Gasteiger partial charge on any atom is -0.489 e. The van der Waals surface area contributed by atoms with Gasteiger partial charge in [-0.2, -0.15) is 0 Å². The van der Waals surface area contributed by atoms with Gasteiger partial charge in [0.15, 0.2) is 0 Å². The average molecular weight is 580 g/mol. The van der Waals surface area contributed by atoms with Gasteiger partial charge in [0.1, 0.15) is 23.5 Å². The van der Waals surface area contributed by atoms with Crippen LogP contribution in [0.3, 0.4) is 0 Å². The fraction of sp³-hybridized carbons (Fsp3) is 0.194. The van der Waals surface area contributed by atoms with Crippen LogP contribution in [0.4, 0.5) is 0 Å². The third-order valence-corrected chi connectivity index (χ3v) is 7.05. The highest BCUT2D eigenvalue weighted by Gasteiger charge is 2.27. The molecular formula is C31H32Cl2N4O3. The Kier molecular flexibility index (Phi) is 10.2. The molecule has 0 aliphatic carbocycles. The molecule has 1 saturated heterocycles. The zero-order valence-electron chi connectivity index (χ0n) is 21.7. The first kappa shape index (κ1) is 30.5. The maximum Gasteiger partial charge on any atom is 0.311 e. The fourth-order valence-electron chi connectivity index (χ4n) is 4.95. The van der Waals surface area contributed by atoms with Crippen molar-refractivity contribution in [1.82, 2.24) is 4.90 Å². The molecule has 1 unspecified atom stereocenters. The van der Waals surface area contributed by atoms with Crippen molar-refractivity contribution < 1.29 is 14.6 Å². The second-order valence-corrected chi connectivity index (χ2v) is 9.66. The third-order valence-electron chi connectivity index (χ3n) is 7.05. The highest BCUT2D eigenvalue weighted by Crippen LogP contribution is 2.27. The molecule has 7 nitrogen and oxygen atoms in total. The summed E-state index contributed by atoms with van der Waals surface area (Å²) in [7, 11) is 0. The zero-order valence-corrected chi connectivity index (χ0v) is 23.4. The summed E-state index contributed by atoms with van der Waals surface area (Å²) in [4.78, 5) is 14.2. The summed E-state index contributed by atoms with van der Waals surface area (Å²) in [5.74, 6) is -0.392. The Morgan fingerprint density at radius 2 is 1.62 bits per heavy atom. The Hall–Kier alpha value is -4.07. The van der Waals surface area contributed by atoms with Gasteiger partial charge in [0, 0.05) is 24.1 Å². The zero-order chi connectivity index (χ0) is 26.6. The van der Waals surface area contributed by atoms with E-state index < -0.39 is 11.9 Å². The molecule has 4 aromatic carbocycles. The summed E-state index contributed by atoms with van der Waals surface area (Å²) >= 11 is 0. The number of hydrogen-bond donors (Lipinski definition) is 4. The SMILES string of the molecule is Cl.Cl.N=C(N)c1ccc2ccc(CC(C(=O)O)c3ccc(O[C@H]4CCN(C(=N)c5ccccc5)C4)cc3)cc2c1. The number of hydrogen-bond acceptors (Lipinski definition) is 4. The predicted molar refractivity (Wildman–Crippen MR) is 164 cm³/mol. The Labute approximate surface area is 245 Å². The summed E-state index contributed by atoms with van der Waals surface area (Å²) in [6, 6.07) is 28.5. The molecule has 9 heteroatoms. The molecule has 1 aliphatic heterocycles. The molecule has 5 rings (SSSR count). The number of ether oxygens (including phenoxy) is 1. The van der Waals surface area contributed by atoms with E-state index in [-0.39, 0.29) is 36.8 Å². The van der Waals surface area contributed by atoms with E-state index in [1.807, 2.05) is 95.9 Å². The Morgan fingerprint density at radius 3 is 2.30 bits per heavy atom. The molecule has 208 valence electrons. The quantitative estimate of drug-likeness (QED) is 0.154. The summed E-state index contributed by atoms with van der Waals surface area (Å²) < 4.78 is 6.17. The van der Waals surface area contributed by atoms with Gasteiger partial charge in [-0.05, 0) is 46.5 Å². The van der Waals surface area contributed by atoms with Crippen molar-refractivity contribution in [3.8, 4) is 5.75 Å². The topological polar surface area (TPSA) is 123 Å². The number of halogens is 2. The lowest BCUT2D eigenvalue weighted by Crippen LogP contribution is -2.30. The van der Waals surface area contributed by atoms with Crippen LogP contribution in [0, 0.1) is 10.8 Å². The van der Waals surface area contributed by atoms with Crippen LogP contribution in [0.25, 0.3) is 10.8 Å². The number of nitrogens with two attached hydrogens (primary N) is 1. The number of carboxylic acids is 1. The first-order valence-corrected chi connectivity index (χ1v) is 12.6. The summed E-state index contributed by atoms with van der Waals surface area (Å²) in [5, 5.41) is 28.1. The van der Waals surface area contributed by atoms with Crippen molar-refractivity contribution in [1.29, 1.82) is 10.8 Å². The number of carboxylic acid groups (broad SMARTS) is 1. The van der Waals surface area contributed by atoms with E-state index in [0.29, 0.717) is 35.7 Å². The van der Waals surface area contributed by atoms with Crippen LogP contribution in [0.1, 0.15) is 34.6 Å². The van der Waals surface area contributed by atoms with E-state index in [1.54, 1.807) is 0 Å². The monoisotopic (exact) mass is 578 g/mol. The first-order valence-electron chi connectivity index (χ1n) is 12.6. The normalized spacial score (nSPS) is 15.0. The van der Waals surface area contributed by atoms with E-state index in [1.165, 1.54) is 0 Å².